The number of amides is 1. The van der Waals surface area contributed by atoms with Gasteiger partial charge in [-0.15, -0.1) is 0 Å². The lowest BCUT2D eigenvalue weighted by Gasteiger charge is -2.21. The van der Waals surface area contributed by atoms with Crippen molar-refractivity contribution in [2.75, 3.05) is 37.4 Å². The molecule has 1 N–H and O–H groups in total. The van der Waals surface area contributed by atoms with Crippen molar-refractivity contribution in [3.63, 3.8) is 0 Å². The van der Waals surface area contributed by atoms with E-state index in [9.17, 15) is 17.6 Å². The van der Waals surface area contributed by atoms with Crippen molar-refractivity contribution in [2.45, 2.75) is 18.2 Å². The number of hydrogen-bond acceptors (Lipinski definition) is 4. The van der Waals surface area contributed by atoms with Gasteiger partial charge in [0, 0.05) is 30.9 Å². The fourth-order valence-corrected chi connectivity index (χ4v) is 4.54. The van der Waals surface area contributed by atoms with Gasteiger partial charge >= 0.3 is 0 Å². The van der Waals surface area contributed by atoms with E-state index in [2.05, 4.69) is 16.5 Å². The standard InChI is InChI=1S/C20H23ClFN3O3S/c1-2-24-10-3-11-25(13-12-24)20(26)15-4-6-16(7-5-15)23-29(27,28)17-8-9-19(22)18(21)14-17/h4-9,14,23H,2-3,10-13H2,1H3. The average molecular weight is 440 g/mol. The van der Waals surface area contributed by atoms with E-state index in [1.165, 1.54) is 12.1 Å². The Morgan fingerprint density at radius 3 is 2.48 bits per heavy atom. The minimum Gasteiger partial charge on any atom is -0.337 e. The maximum atomic E-state index is 13.3. The molecule has 1 fully saturated rings. The van der Waals surface area contributed by atoms with E-state index in [-0.39, 0.29) is 15.8 Å². The number of carbonyl (C=O) groups excluding carboxylic acids is 1. The van der Waals surface area contributed by atoms with Crippen LogP contribution in [0.2, 0.25) is 5.02 Å². The van der Waals surface area contributed by atoms with Crippen LogP contribution in [0.1, 0.15) is 23.7 Å². The summed E-state index contributed by atoms with van der Waals surface area (Å²) in [6.45, 7) is 6.28. The molecule has 1 saturated heterocycles. The summed E-state index contributed by atoms with van der Waals surface area (Å²) in [5.41, 5.74) is 0.803. The van der Waals surface area contributed by atoms with Crippen molar-refractivity contribution in [1.82, 2.24) is 9.80 Å². The molecule has 0 saturated carbocycles. The zero-order valence-corrected chi connectivity index (χ0v) is 17.6. The van der Waals surface area contributed by atoms with Crippen LogP contribution in [0.5, 0.6) is 0 Å². The molecule has 0 aliphatic carbocycles. The number of rotatable bonds is 5. The monoisotopic (exact) mass is 439 g/mol. The highest BCUT2D eigenvalue weighted by molar-refractivity contribution is 7.92. The lowest BCUT2D eigenvalue weighted by Crippen LogP contribution is -2.35. The van der Waals surface area contributed by atoms with Gasteiger partial charge in [-0.2, -0.15) is 0 Å². The number of nitrogens with zero attached hydrogens (tertiary/aromatic N) is 2. The first-order valence-corrected chi connectivity index (χ1v) is 11.3. The molecule has 2 aromatic rings. The number of carbonyl (C=O) groups is 1. The number of likely N-dealkylation sites (N-methyl/N-ethyl adjacent to an activating group) is 1. The smallest absolute Gasteiger partial charge is 0.261 e. The molecule has 1 aliphatic heterocycles. The third-order valence-electron chi connectivity index (χ3n) is 4.91. The topological polar surface area (TPSA) is 69.7 Å². The van der Waals surface area contributed by atoms with E-state index in [0.29, 0.717) is 24.3 Å². The Morgan fingerprint density at radius 1 is 1.10 bits per heavy atom. The van der Waals surface area contributed by atoms with Crippen molar-refractivity contribution >= 4 is 33.2 Å². The number of sulfonamides is 1. The van der Waals surface area contributed by atoms with E-state index in [0.717, 1.165) is 44.3 Å². The minimum absolute atomic E-state index is 0.0670. The highest BCUT2D eigenvalue weighted by atomic mass is 35.5. The van der Waals surface area contributed by atoms with Crippen LogP contribution in [-0.2, 0) is 10.0 Å². The van der Waals surface area contributed by atoms with Crippen molar-refractivity contribution in [2.24, 2.45) is 0 Å². The number of nitrogens with one attached hydrogen (secondary N) is 1. The highest BCUT2D eigenvalue weighted by Crippen LogP contribution is 2.22. The Morgan fingerprint density at radius 2 is 1.83 bits per heavy atom. The number of benzene rings is 2. The van der Waals surface area contributed by atoms with E-state index >= 15 is 0 Å². The second kappa shape index (κ2) is 9.11. The Kier molecular flexibility index (Phi) is 6.77. The van der Waals surface area contributed by atoms with Crippen molar-refractivity contribution in [1.29, 1.82) is 0 Å². The van der Waals surface area contributed by atoms with Gasteiger partial charge in [-0.1, -0.05) is 18.5 Å². The summed E-state index contributed by atoms with van der Waals surface area (Å²) in [6.07, 6.45) is 0.928. The van der Waals surface area contributed by atoms with Crippen LogP contribution >= 0.6 is 11.6 Å². The second-order valence-electron chi connectivity index (χ2n) is 6.84. The zero-order chi connectivity index (χ0) is 21.0. The van der Waals surface area contributed by atoms with E-state index in [4.69, 9.17) is 11.6 Å². The normalized spacial score (nSPS) is 15.8. The molecule has 0 bridgehead atoms. The van der Waals surface area contributed by atoms with Crippen LogP contribution in [0.25, 0.3) is 0 Å². The second-order valence-corrected chi connectivity index (χ2v) is 8.93. The first kappa shape index (κ1) is 21.5. The molecule has 1 aliphatic rings. The summed E-state index contributed by atoms with van der Waals surface area (Å²) in [4.78, 5) is 16.8. The van der Waals surface area contributed by atoms with Crippen LogP contribution in [0.3, 0.4) is 0 Å². The molecule has 29 heavy (non-hydrogen) atoms. The van der Waals surface area contributed by atoms with Gasteiger partial charge < -0.3 is 9.80 Å². The predicted octanol–water partition coefficient (Wildman–Crippen LogP) is 3.45. The first-order valence-electron chi connectivity index (χ1n) is 9.39. The first-order chi connectivity index (χ1) is 13.8. The molecule has 3 rings (SSSR count). The minimum atomic E-state index is -3.92. The number of halogens is 2. The summed E-state index contributed by atoms with van der Waals surface area (Å²) in [7, 11) is -3.92. The Balaban J connectivity index is 1.69. The number of hydrogen-bond donors (Lipinski definition) is 1. The third-order valence-corrected chi connectivity index (χ3v) is 6.58. The van der Waals surface area contributed by atoms with Crippen LogP contribution in [0, 0.1) is 5.82 Å². The summed E-state index contributed by atoms with van der Waals surface area (Å²) in [5.74, 6) is -0.758. The lowest BCUT2D eigenvalue weighted by atomic mass is 10.2. The van der Waals surface area contributed by atoms with Crippen molar-refractivity contribution in [3.8, 4) is 0 Å². The fraction of sp³-hybridized carbons (Fsp3) is 0.350. The molecule has 0 aromatic heterocycles. The van der Waals surface area contributed by atoms with Crippen LogP contribution < -0.4 is 4.72 Å². The molecule has 1 amide bonds. The van der Waals surface area contributed by atoms with Crippen LogP contribution in [-0.4, -0.2) is 56.8 Å². The zero-order valence-electron chi connectivity index (χ0n) is 16.1. The van der Waals surface area contributed by atoms with E-state index < -0.39 is 15.8 Å². The fourth-order valence-electron chi connectivity index (χ4n) is 3.21. The summed E-state index contributed by atoms with van der Waals surface area (Å²) < 4.78 is 40.6. The predicted molar refractivity (Wildman–Crippen MR) is 111 cm³/mol. The SMILES string of the molecule is CCN1CCCN(C(=O)c2ccc(NS(=O)(=O)c3ccc(F)c(Cl)c3)cc2)CC1. The third kappa shape index (κ3) is 5.26. The molecule has 2 aromatic carbocycles. The van der Waals surface area contributed by atoms with Gasteiger partial charge in [-0.3, -0.25) is 9.52 Å². The van der Waals surface area contributed by atoms with Gasteiger partial charge in [-0.25, -0.2) is 12.8 Å². The summed E-state index contributed by atoms with van der Waals surface area (Å²) in [6, 6.07) is 9.45. The lowest BCUT2D eigenvalue weighted by molar-refractivity contribution is 0.0762. The molecule has 1 heterocycles. The van der Waals surface area contributed by atoms with Crippen molar-refractivity contribution < 1.29 is 17.6 Å². The molecule has 0 radical (unpaired) electrons. The molecule has 0 unspecified atom stereocenters. The van der Waals surface area contributed by atoms with Gasteiger partial charge in [0.05, 0.1) is 9.92 Å². The molecular formula is C20H23ClFN3O3S. The molecule has 6 nitrogen and oxygen atoms in total. The Hall–Kier alpha value is -2.16. The largest absolute Gasteiger partial charge is 0.337 e. The Bertz CT molecular complexity index is 983. The molecular weight excluding hydrogens is 417 g/mol. The maximum Gasteiger partial charge on any atom is 0.261 e. The van der Waals surface area contributed by atoms with Gasteiger partial charge in [0.1, 0.15) is 5.82 Å². The van der Waals surface area contributed by atoms with Gasteiger partial charge in [0.2, 0.25) is 0 Å². The van der Waals surface area contributed by atoms with Gasteiger partial charge in [0.25, 0.3) is 15.9 Å². The average Bonchev–Trinajstić information content (AvgIpc) is 2.95. The summed E-state index contributed by atoms with van der Waals surface area (Å²) in [5, 5.41) is -0.270. The van der Waals surface area contributed by atoms with Crippen LogP contribution in [0.4, 0.5) is 10.1 Å². The Labute approximate surface area is 175 Å². The highest BCUT2D eigenvalue weighted by Gasteiger charge is 2.20. The van der Waals surface area contributed by atoms with E-state index in [1.54, 1.807) is 12.1 Å². The van der Waals surface area contributed by atoms with Gasteiger partial charge in [-0.05, 0) is 62.0 Å². The number of anilines is 1. The van der Waals surface area contributed by atoms with Crippen LogP contribution in [0.15, 0.2) is 47.4 Å². The molecule has 156 valence electrons. The summed E-state index contributed by atoms with van der Waals surface area (Å²) >= 11 is 5.67. The maximum absolute atomic E-state index is 13.3. The van der Waals surface area contributed by atoms with Gasteiger partial charge in [0.15, 0.2) is 0 Å². The molecule has 9 heteroatoms. The van der Waals surface area contributed by atoms with E-state index in [1.807, 2.05) is 4.90 Å². The quantitative estimate of drug-likeness (QED) is 0.774. The molecule has 0 atom stereocenters. The van der Waals surface area contributed by atoms with Crippen molar-refractivity contribution in [3.05, 3.63) is 58.9 Å². The molecule has 0 spiro atoms.